The van der Waals surface area contributed by atoms with Gasteiger partial charge in [-0.2, -0.15) is 0 Å². The molecule has 0 radical (unpaired) electrons. The zero-order chi connectivity index (χ0) is 16.4. The maximum atomic E-state index is 11.4. The Balaban J connectivity index is 3.54. The lowest BCUT2D eigenvalue weighted by molar-refractivity contribution is -0.386. The van der Waals surface area contributed by atoms with Crippen molar-refractivity contribution in [3.63, 3.8) is 0 Å². The summed E-state index contributed by atoms with van der Waals surface area (Å²) in [7, 11) is -1.46. The van der Waals surface area contributed by atoms with Crippen LogP contribution in [0.1, 0.15) is 42.8 Å². The van der Waals surface area contributed by atoms with Crippen molar-refractivity contribution in [2.75, 3.05) is 0 Å². The minimum Gasteiger partial charge on any atom is -0.477 e. The van der Waals surface area contributed by atoms with Crippen LogP contribution in [0.4, 0.5) is 5.69 Å². The summed E-state index contributed by atoms with van der Waals surface area (Å²) >= 11 is 0. The van der Waals surface area contributed by atoms with Crippen molar-refractivity contribution < 1.29 is 19.3 Å². The van der Waals surface area contributed by atoms with Crippen LogP contribution < -0.4 is 0 Å². The molecule has 0 aromatic heterocycles. The molecule has 116 valence electrons. The van der Waals surface area contributed by atoms with Gasteiger partial charge in [-0.05, 0) is 30.6 Å². The summed E-state index contributed by atoms with van der Waals surface area (Å²) in [4.78, 5) is 22.0. The molecule has 0 amide bonds. The summed E-state index contributed by atoms with van der Waals surface area (Å²) < 4.78 is 5.97. The molecule has 0 saturated heterocycles. The highest BCUT2D eigenvalue weighted by molar-refractivity contribution is 6.48. The molecule has 6 nitrogen and oxygen atoms in total. The van der Waals surface area contributed by atoms with E-state index in [-0.39, 0.29) is 16.7 Å². The molecule has 1 aromatic carbocycles. The lowest BCUT2D eigenvalue weighted by atomic mass is 9.83. The highest BCUT2D eigenvalue weighted by atomic mass is 28.3. The lowest BCUT2D eigenvalue weighted by Crippen LogP contribution is -2.27. The van der Waals surface area contributed by atoms with Gasteiger partial charge in [0.05, 0.1) is 16.6 Å². The van der Waals surface area contributed by atoms with E-state index < -0.39 is 26.0 Å². The van der Waals surface area contributed by atoms with Gasteiger partial charge < -0.3 is 9.53 Å². The van der Waals surface area contributed by atoms with Crippen LogP contribution in [0.25, 0.3) is 0 Å². The van der Waals surface area contributed by atoms with Crippen LogP contribution >= 0.6 is 0 Å². The van der Waals surface area contributed by atoms with E-state index in [0.29, 0.717) is 5.56 Å². The van der Waals surface area contributed by atoms with E-state index >= 15 is 0 Å². The Morgan fingerprint density at radius 3 is 2.33 bits per heavy atom. The monoisotopic (exact) mass is 311 g/mol. The van der Waals surface area contributed by atoms with Crippen molar-refractivity contribution in [1.29, 1.82) is 0 Å². The maximum Gasteiger partial charge on any atom is 0.342 e. The van der Waals surface area contributed by atoms with Gasteiger partial charge in [0.25, 0.3) is 5.69 Å². The molecule has 0 bridgehead atoms. The molecule has 1 N–H and O–H groups in total. The number of benzene rings is 1. The third-order valence-corrected chi connectivity index (χ3v) is 3.77. The molecular formula is C14H21NO5Si. The molecular weight excluding hydrogens is 290 g/mol. The smallest absolute Gasteiger partial charge is 0.342 e. The molecule has 1 aromatic rings. The molecule has 0 aliphatic rings. The van der Waals surface area contributed by atoms with Gasteiger partial charge >= 0.3 is 5.97 Å². The number of carbonyl (C=O) groups is 1. The summed E-state index contributed by atoms with van der Waals surface area (Å²) in [6.45, 7) is 9.72. The zero-order valence-corrected chi connectivity index (χ0v) is 14.1. The van der Waals surface area contributed by atoms with E-state index in [0.717, 1.165) is 0 Å². The number of hydrogen-bond acceptors (Lipinski definition) is 4. The van der Waals surface area contributed by atoms with Crippen molar-refractivity contribution in [3.05, 3.63) is 39.4 Å². The molecule has 0 heterocycles. The lowest BCUT2D eigenvalue weighted by Gasteiger charge is -2.32. The first-order valence-corrected chi connectivity index (χ1v) is 9.49. The average molecular weight is 311 g/mol. The maximum absolute atomic E-state index is 11.4. The van der Waals surface area contributed by atoms with Gasteiger partial charge in [-0.3, -0.25) is 10.1 Å². The van der Waals surface area contributed by atoms with Crippen LogP contribution in [0.5, 0.6) is 0 Å². The SMILES string of the molecule is C[SiH](C)OC(c1cccc(C(=O)O)c1[N+](=O)[O-])C(C)(C)C. The van der Waals surface area contributed by atoms with Crippen LogP contribution in [0, 0.1) is 15.5 Å². The quantitative estimate of drug-likeness (QED) is 0.511. The Hall–Kier alpha value is -1.73. The normalized spacial score (nSPS) is 13.2. The van der Waals surface area contributed by atoms with E-state index in [2.05, 4.69) is 0 Å². The average Bonchev–Trinajstić information content (AvgIpc) is 2.33. The fraction of sp³-hybridized carbons (Fsp3) is 0.500. The second-order valence-electron chi connectivity index (χ2n) is 6.24. The fourth-order valence-corrected chi connectivity index (χ4v) is 3.26. The minimum absolute atomic E-state index is 0.305. The standard InChI is InChI=1S/C14H21NO5Si/c1-14(2,3)12(20-21(4)5)9-7-6-8-10(13(16)17)11(9)15(18)19/h6-8,12,21H,1-5H3,(H,16,17). The largest absolute Gasteiger partial charge is 0.477 e. The molecule has 0 spiro atoms. The second-order valence-corrected chi connectivity index (χ2v) is 8.61. The minimum atomic E-state index is -1.46. The number of para-hydroxylation sites is 1. The number of hydrogen-bond donors (Lipinski definition) is 1. The Morgan fingerprint density at radius 1 is 1.38 bits per heavy atom. The molecule has 0 aliphatic heterocycles. The van der Waals surface area contributed by atoms with E-state index in [1.807, 2.05) is 33.9 Å². The van der Waals surface area contributed by atoms with Crippen LogP contribution in [-0.4, -0.2) is 25.0 Å². The first-order chi connectivity index (χ1) is 9.55. The molecule has 0 saturated carbocycles. The van der Waals surface area contributed by atoms with Gasteiger partial charge in [0.2, 0.25) is 0 Å². The molecule has 0 aliphatic carbocycles. The molecule has 0 fully saturated rings. The van der Waals surface area contributed by atoms with Gasteiger partial charge in [0.1, 0.15) is 5.56 Å². The molecule has 1 atom stereocenters. The van der Waals surface area contributed by atoms with Crippen LogP contribution in [0.2, 0.25) is 13.1 Å². The van der Waals surface area contributed by atoms with Crippen LogP contribution in [-0.2, 0) is 4.43 Å². The number of carboxylic acid groups (broad SMARTS) is 1. The number of nitrogens with zero attached hydrogens (tertiary/aromatic N) is 1. The van der Waals surface area contributed by atoms with Gasteiger partial charge in [-0.1, -0.05) is 26.8 Å². The van der Waals surface area contributed by atoms with Crippen molar-refractivity contribution >= 4 is 20.7 Å². The van der Waals surface area contributed by atoms with Crippen LogP contribution in [0.3, 0.4) is 0 Å². The zero-order valence-electron chi connectivity index (χ0n) is 12.9. The summed E-state index contributed by atoms with van der Waals surface area (Å²) in [5.41, 5.74) is -0.729. The van der Waals surface area contributed by atoms with E-state index in [4.69, 9.17) is 9.53 Å². The first kappa shape index (κ1) is 17.3. The van der Waals surface area contributed by atoms with E-state index in [1.54, 1.807) is 6.07 Å². The number of aromatic carboxylic acids is 1. The fourth-order valence-electron chi connectivity index (χ4n) is 2.17. The predicted molar refractivity (Wildman–Crippen MR) is 82.2 cm³/mol. The van der Waals surface area contributed by atoms with Crippen molar-refractivity contribution in [2.24, 2.45) is 5.41 Å². The third-order valence-electron chi connectivity index (χ3n) is 2.96. The van der Waals surface area contributed by atoms with Crippen molar-refractivity contribution in [2.45, 2.75) is 40.0 Å². The summed E-state index contributed by atoms with van der Waals surface area (Å²) in [6.07, 6.45) is -0.510. The molecule has 1 rings (SSSR count). The first-order valence-electron chi connectivity index (χ1n) is 6.71. The van der Waals surface area contributed by atoms with E-state index in [1.165, 1.54) is 12.1 Å². The van der Waals surface area contributed by atoms with Gasteiger partial charge in [-0.15, -0.1) is 0 Å². The van der Waals surface area contributed by atoms with Crippen molar-refractivity contribution in [1.82, 2.24) is 0 Å². The number of nitro groups is 1. The molecule has 21 heavy (non-hydrogen) atoms. The second kappa shape index (κ2) is 6.36. The highest BCUT2D eigenvalue weighted by Crippen LogP contribution is 2.41. The Kier molecular flexibility index (Phi) is 5.24. The van der Waals surface area contributed by atoms with Crippen LogP contribution in [0.15, 0.2) is 18.2 Å². The number of carboxylic acids is 1. The Morgan fingerprint density at radius 2 is 1.95 bits per heavy atom. The Labute approximate surface area is 125 Å². The Bertz CT molecular complexity index is 551. The van der Waals surface area contributed by atoms with Gasteiger partial charge in [-0.25, -0.2) is 4.79 Å². The van der Waals surface area contributed by atoms with E-state index in [9.17, 15) is 14.9 Å². The molecule has 1 unspecified atom stereocenters. The number of rotatable bonds is 5. The summed E-state index contributed by atoms with van der Waals surface area (Å²) in [6, 6.07) is 4.35. The summed E-state index contributed by atoms with van der Waals surface area (Å²) in [5.74, 6) is -1.31. The topological polar surface area (TPSA) is 89.7 Å². The highest BCUT2D eigenvalue weighted by Gasteiger charge is 2.35. The summed E-state index contributed by atoms with van der Waals surface area (Å²) in [5, 5.41) is 20.5. The third kappa shape index (κ3) is 4.12. The van der Waals surface area contributed by atoms with Gasteiger partial charge in [0, 0.05) is 0 Å². The molecule has 7 heteroatoms. The predicted octanol–water partition coefficient (Wildman–Crippen LogP) is 3.38. The van der Waals surface area contributed by atoms with Crippen molar-refractivity contribution in [3.8, 4) is 0 Å². The number of nitro benzene ring substituents is 1. The van der Waals surface area contributed by atoms with Gasteiger partial charge in [0.15, 0.2) is 9.04 Å².